The number of hydrogen-bond acceptors (Lipinski definition) is 4. The van der Waals surface area contributed by atoms with Gasteiger partial charge in [0.25, 0.3) is 5.91 Å². The summed E-state index contributed by atoms with van der Waals surface area (Å²) in [6, 6.07) is 17.3. The third-order valence-electron chi connectivity index (χ3n) is 4.14. The van der Waals surface area contributed by atoms with Crippen molar-refractivity contribution in [2.45, 2.75) is 0 Å². The van der Waals surface area contributed by atoms with Gasteiger partial charge in [-0.2, -0.15) is 0 Å². The van der Waals surface area contributed by atoms with Crippen LogP contribution in [0.4, 0.5) is 5.69 Å². The zero-order chi connectivity index (χ0) is 20.4. The van der Waals surface area contributed by atoms with Crippen molar-refractivity contribution in [3.63, 3.8) is 0 Å². The van der Waals surface area contributed by atoms with Crippen LogP contribution in [0, 0.1) is 0 Å². The molecule has 1 amide bonds. The van der Waals surface area contributed by atoms with Gasteiger partial charge in [-0.3, -0.25) is 4.79 Å². The summed E-state index contributed by atoms with van der Waals surface area (Å²) in [5, 5.41) is 12.8. The van der Waals surface area contributed by atoms with Crippen LogP contribution >= 0.6 is 23.4 Å². The third-order valence-corrected chi connectivity index (χ3v) is 5.29. The molecule has 1 fully saturated rings. The zero-order valence-corrected chi connectivity index (χ0v) is 16.4. The van der Waals surface area contributed by atoms with Crippen molar-refractivity contribution in [2.24, 2.45) is 4.99 Å². The minimum atomic E-state index is -0.975. The number of rotatable bonds is 4. The number of amides is 1. The molecule has 2 N–H and O–H groups in total. The molecule has 6 nitrogen and oxygen atoms in total. The van der Waals surface area contributed by atoms with Gasteiger partial charge in [0.05, 0.1) is 16.2 Å². The third kappa shape index (κ3) is 4.26. The highest BCUT2D eigenvalue weighted by atomic mass is 35.5. The summed E-state index contributed by atoms with van der Waals surface area (Å²) < 4.78 is 1.87. The SMILES string of the molecule is O=C1NC(=Nc2cccc(Cl)c2)S/C1=C\c1cccn1-c1ccc(C(=O)O)cc1. The van der Waals surface area contributed by atoms with Crippen molar-refractivity contribution in [1.29, 1.82) is 0 Å². The fourth-order valence-corrected chi connectivity index (χ4v) is 3.80. The van der Waals surface area contributed by atoms with Crippen molar-refractivity contribution in [2.75, 3.05) is 0 Å². The quantitative estimate of drug-likeness (QED) is 0.594. The first-order chi connectivity index (χ1) is 14.0. The minimum Gasteiger partial charge on any atom is -0.478 e. The predicted molar refractivity (Wildman–Crippen MR) is 115 cm³/mol. The Balaban J connectivity index is 1.60. The molecule has 0 spiro atoms. The van der Waals surface area contributed by atoms with E-state index in [1.165, 1.54) is 11.8 Å². The maximum Gasteiger partial charge on any atom is 0.335 e. The Kier molecular flexibility index (Phi) is 5.24. The standard InChI is InChI=1S/C21H14ClN3O3S/c22-14-3-1-4-15(11-14)23-21-24-19(26)18(29-21)12-17-5-2-10-25(17)16-8-6-13(7-9-16)20(27)28/h1-12H,(H,27,28)(H,23,24,26)/b18-12-. The van der Waals surface area contributed by atoms with Gasteiger partial charge in [-0.1, -0.05) is 17.7 Å². The van der Waals surface area contributed by atoms with Crippen LogP contribution in [0.2, 0.25) is 5.02 Å². The van der Waals surface area contributed by atoms with E-state index < -0.39 is 5.97 Å². The van der Waals surface area contributed by atoms with E-state index in [0.29, 0.717) is 20.8 Å². The lowest BCUT2D eigenvalue weighted by molar-refractivity contribution is -0.115. The van der Waals surface area contributed by atoms with Crippen LogP contribution in [0.1, 0.15) is 16.1 Å². The lowest BCUT2D eigenvalue weighted by Crippen LogP contribution is -2.19. The molecule has 1 aromatic heterocycles. The molecule has 144 valence electrons. The van der Waals surface area contributed by atoms with Crippen LogP contribution in [0.15, 0.2) is 76.8 Å². The normalized spacial score (nSPS) is 16.4. The molecular weight excluding hydrogens is 410 g/mol. The molecule has 0 bridgehead atoms. The second kappa shape index (κ2) is 7.98. The second-order valence-corrected chi connectivity index (χ2v) is 7.58. The molecule has 3 aromatic rings. The summed E-state index contributed by atoms with van der Waals surface area (Å²) in [5.74, 6) is -1.21. The number of carboxylic acid groups (broad SMARTS) is 1. The van der Waals surface area contributed by atoms with E-state index in [-0.39, 0.29) is 11.5 Å². The van der Waals surface area contributed by atoms with Crippen LogP contribution in [-0.2, 0) is 4.79 Å². The highest BCUT2D eigenvalue weighted by Crippen LogP contribution is 2.29. The van der Waals surface area contributed by atoms with Crippen LogP contribution in [0.25, 0.3) is 11.8 Å². The van der Waals surface area contributed by atoms with E-state index in [1.54, 1.807) is 54.6 Å². The molecule has 0 atom stereocenters. The first-order valence-corrected chi connectivity index (χ1v) is 9.75. The summed E-state index contributed by atoms with van der Waals surface area (Å²) >= 11 is 7.22. The van der Waals surface area contributed by atoms with Gasteiger partial charge in [0, 0.05) is 22.6 Å². The molecule has 1 aliphatic rings. The molecule has 1 saturated heterocycles. The number of aromatic carboxylic acids is 1. The van der Waals surface area contributed by atoms with E-state index in [2.05, 4.69) is 10.3 Å². The summed E-state index contributed by atoms with van der Waals surface area (Å²) in [7, 11) is 0. The molecule has 1 aliphatic heterocycles. The van der Waals surface area contributed by atoms with Crippen LogP contribution in [-0.4, -0.2) is 26.7 Å². The molecule has 2 aromatic carbocycles. The number of thioether (sulfide) groups is 1. The number of nitrogens with one attached hydrogen (secondary N) is 1. The molecule has 0 saturated carbocycles. The highest BCUT2D eigenvalue weighted by molar-refractivity contribution is 8.18. The van der Waals surface area contributed by atoms with Gasteiger partial charge in [0.1, 0.15) is 0 Å². The Labute approximate surface area is 175 Å². The van der Waals surface area contributed by atoms with E-state index in [1.807, 2.05) is 22.9 Å². The molecule has 0 aliphatic carbocycles. The van der Waals surface area contributed by atoms with E-state index in [4.69, 9.17) is 16.7 Å². The van der Waals surface area contributed by atoms with Gasteiger partial charge in [-0.05, 0) is 72.4 Å². The minimum absolute atomic E-state index is 0.216. The maximum absolute atomic E-state index is 12.4. The Morgan fingerprint density at radius 3 is 2.66 bits per heavy atom. The fourth-order valence-electron chi connectivity index (χ4n) is 2.79. The lowest BCUT2D eigenvalue weighted by Gasteiger charge is -2.07. The summed E-state index contributed by atoms with van der Waals surface area (Å²) in [4.78, 5) is 28.3. The highest BCUT2D eigenvalue weighted by Gasteiger charge is 2.24. The average Bonchev–Trinajstić information content (AvgIpc) is 3.29. The topological polar surface area (TPSA) is 83.7 Å². The lowest BCUT2D eigenvalue weighted by atomic mass is 10.2. The van der Waals surface area contributed by atoms with E-state index >= 15 is 0 Å². The van der Waals surface area contributed by atoms with Gasteiger partial charge < -0.3 is 15.0 Å². The summed E-state index contributed by atoms with van der Waals surface area (Å²) in [5.41, 5.74) is 2.45. The first kappa shape index (κ1) is 19.0. The molecule has 0 radical (unpaired) electrons. The fraction of sp³-hybridized carbons (Fsp3) is 0. The molecule has 2 heterocycles. The van der Waals surface area contributed by atoms with Crippen molar-refractivity contribution in [3.8, 4) is 5.69 Å². The number of carboxylic acids is 1. The molecule has 0 unspecified atom stereocenters. The Morgan fingerprint density at radius 2 is 1.93 bits per heavy atom. The first-order valence-electron chi connectivity index (χ1n) is 8.56. The van der Waals surface area contributed by atoms with Gasteiger partial charge in [-0.15, -0.1) is 0 Å². The number of aliphatic imine (C=N–C) groups is 1. The number of carbonyl (C=O) groups is 2. The maximum atomic E-state index is 12.4. The number of nitrogens with zero attached hydrogens (tertiary/aromatic N) is 2. The van der Waals surface area contributed by atoms with Gasteiger partial charge >= 0.3 is 5.97 Å². The summed E-state index contributed by atoms with van der Waals surface area (Å²) in [6.07, 6.45) is 3.62. The average molecular weight is 424 g/mol. The number of benzene rings is 2. The van der Waals surface area contributed by atoms with Crippen molar-refractivity contribution in [1.82, 2.24) is 9.88 Å². The van der Waals surface area contributed by atoms with Crippen molar-refractivity contribution in [3.05, 3.63) is 88.0 Å². The van der Waals surface area contributed by atoms with Crippen molar-refractivity contribution >= 4 is 52.2 Å². The Hall–Kier alpha value is -3.29. The smallest absolute Gasteiger partial charge is 0.335 e. The molecular formula is C21H14ClN3O3S. The summed E-state index contributed by atoms with van der Waals surface area (Å²) in [6.45, 7) is 0. The van der Waals surface area contributed by atoms with E-state index in [0.717, 1.165) is 11.4 Å². The van der Waals surface area contributed by atoms with Crippen LogP contribution in [0.3, 0.4) is 0 Å². The van der Waals surface area contributed by atoms with Gasteiger partial charge in [-0.25, -0.2) is 9.79 Å². The molecule has 4 rings (SSSR count). The number of aromatic nitrogens is 1. The zero-order valence-electron chi connectivity index (χ0n) is 14.9. The Bertz CT molecular complexity index is 1170. The largest absolute Gasteiger partial charge is 0.478 e. The van der Waals surface area contributed by atoms with Crippen LogP contribution in [0.5, 0.6) is 0 Å². The number of halogens is 1. The van der Waals surface area contributed by atoms with Crippen LogP contribution < -0.4 is 5.32 Å². The number of carbonyl (C=O) groups excluding carboxylic acids is 1. The number of hydrogen-bond donors (Lipinski definition) is 2. The van der Waals surface area contributed by atoms with Crippen molar-refractivity contribution < 1.29 is 14.7 Å². The van der Waals surface area contributed by atoms with E-state index in [9.17, 15) is 9.59 Å². The second-order valence-electron chi connectivity index (χ2n) is 6.12. The van der Waals surface area contributed by atoms with Gasteiger partial charge in [0.2, 0.25) is 0 Å². The Morgan fingerprint density at radius 1 is 1.14 bits per heavy atom. The molecule has 8 heteroatoms. The van der Waals surface area contributed by atoms with Gasteiger partial charge in [0.15, 0.2) is 5.17 Å². The number of amidine groups is 1. The monoisotopic (exact) mass is 423 g/mol. The predicted octanol–water partition coefficient (Wildman–Crippen LogP) is 4.72. The molecule has 29 heavy (non-hydrogen) atoms.